The number of amides is 1. The highest BCUT2D eigenvalue weighted by Crippen LogP contribution is 2.30. The van der Waals surface area contributed by atoms with E-state index in [-0.39, 0.29) is 18.3 Å². The van der Waals surface area contributed by atoms with Crippen LogP contribution in [0.5, 0.6) is 0 Å². The molecule has 0 unspecified atom stereocenters. The van der Waals surface area contributed by atoms with Crippen LogP contribution in [-0.4, -0.2) is 43.0 Å². The van der Waals surface area contributed by atoms with Gasteiger partial charge in [0.05, 0.1) is 10.2 Å². The fraction of sp³-hybridized carbons (Fsp3) is 0.263. The Morgan fingerprint density at radius 1 is 1.19 bits per heavy atom. The van der Waals surface area contributed by atoms with Crippen molar-refractivity contribution in [2.75, 3.05) is 32.1 Å². The van der Waals surface area contributed by atoms with Crippen molar-refractivity contribution in [1.29, 1.82) is 0 Å². The van der Waals surface area contributed by atoms with Crippen LogP contribution in [0.25, 0.3) is 16.3 Å². The molecule has 1 aromatic carbocycles. The summed E-state index contributed by atoms with van der Waals surface area (Å²) < 4.78 is 1.11. The zero-order valence-electron chi connectivity index (χ0n) is 15.0. The number of carbonyl (C=O) groups excluding carboxylic acids is 1. The molecule has 1 amide bonds. The van der Waals surface area contributed by atoms with Crippen LogP contribution in [0.1, 0.15) is 10.4 Å². The number of fused-ring (bicyclic) bond motifs is 1. The van der Waals surface area contributed by atoms with Gasteiger partial charge in [0.15, 0.2) is 5.13 Å². The van der Waals surface area contributed by atoms with Crippen LogP contribution in [-0.2, 0) is 4.79 Å². The molecule has 2 heterocycles. The first kappa shape index (κ1) is 20.6. The van der Waals surface area contributed by atoms with Gasteiger partial charge in [-0.1, -0.05) is 29.5 Å². The summed E-state index contributed by atoms with van der Waals surface area (Å²) in [5.41, 5.74) is 2.11. The van der Waals surface area contributed by atoms with Gasteiger partial charge >= 0.3 is 0 Å². The van der Waals surface area contributed by atoms with Crippen LogP contribution in [0.2, 0.25) is 0 Å². The van der Waals surface area contributed by atoms with Crippen LogP contribution in [0.4, 0.5) is 5.13 Å². The van der Waals surface area contributed by atoms with Crippen molar-refractivity contribution in [2.45, 2.75) is 6.92 Å². The lowest BCUT2D eigenvalue weighted by Crippen LogP contribution is -2.35. The van der Waals surface area contributed by atoms with Crippen LogP contribution in [0.3, 0.4) is 0 Å². The molecular formula is C19H22ClN3OS2. The molecule has 0 fully saturated rings. The van der Waals surface area contributed by atoms with Crippen molar-refractivity contribution in [3.8, 4) is 0 Å². The first-order chi connectivity index (χ1) is 12.0. The fourth-order valence-electron chi connectivity index (χ4n) is 2.42. The first-order valence-electron chi connectivity index (χ1n) is 8.08. The smallest absolute Gasteiger partial charge is 0.252 e. The number of hydrogen-bond acceptors (Lipinski definition) is 5. The van der Waals surface area contributed by atoms with Crippen LogP contribution >= 0.6 is 35.1 Å². The molecule has 0 aliphatic rings. The number of rotatable bonds is 6. The van der Waals surface area contributed by atoms with Gasteiger partial charge in [0.25, 0.3) is 5.91 Å². The summed E-state index contributed by atoms with van der Waals surface area (Å²) in [6.45, 7) is 3.45. The van der Waals surface area contributed by atoms with E-state index >= 15 is 0 Å². The summed E-state index contributed by atoms with van der Waals surface area (Å²) in [6.07, 6.45) is 3.51. The van der Waals surface area contributed by atoms with E-state index in [1.165, 1.54) is 0 Å². The molecule has 0 spiro atoms. The third kappa shape index (κ3) is 4.92. The number of nitrogens with zero attached hydrogens (tertiary/aromatic N) is 3. The molecule has 7 heteroatoms. The van der Waals surface area contributed by atoms with Gasteiger partial charge < -0.3 is 4.90 Å². The zero-order chi connectivity index (χ0) is 17.8. The Morgan fingerprint density at radius 2 is 2.00 bits per heavy atom. The molecule has 4 nitrogen and oxygen atoms in total. The van der Waals surface area contributed by atoms with Crippen LogP contribution < -0.4 is 4.90 Å². The minimum absolute atomic E-state index is 0. The summed E-state index contributed by atoms with van der Waals surface area (Å²) in [7, 11) is 4.01. The van der Waals surface area contributed by atoms with Crippen LogP contribution in [0.15, 0.2) is 41.8 Å². The maximum Gasteiger partial charge on any atom is 0.252 e. The van der Waals surface area contributed by atoms with E-state index in [9.17, 15) is 4.79 Å². The van der Waals surface area contributed by atoms with E-state index in [4.69, 9.17) is 4.98 Å². The highest BCUT2D eigenvalue weighted by Gasteiger charge is 2.18. The zero-order valence-corrected chi connectivity index (χ0v) is 17.5. The molecule has 0 radical (unpaired) electrons. The summed E-state index contributed by atoms with van der Waals surface area (Å²) in [4.78, 5) is 22.4. The number of carbonyl (C=O) groups is 1. The molecule has 0 bridgehead atoms. The van der Waals surface area contributed by atoms with Crippen molar-refractivity contribution in [2.24, 2.45) is 0 Å². The molecule has 0 aliphatic carbocycles. The molecule has 0 saturated heterocycles. The maximum absolute atomic E-state index is 12.8. The Morgan fingerprint density at radius 3 is 2.65 bits per heavy atom. The quantitative estimate of drug-likeness (QED) is 0.556. The third-order valence-electron chi connectivity index (χ3n) is 3.81. The molecule has 2 aromatic heterocycles. The minimum Gasteiger partial charge on any atom is -0.308 e. The van der Waals surface area contributed by atoms with Crippen molar-refractivity contribution in [3.63, 3.8) is 0 Å². The second-order valence-corrected chi connectivity index (χ2v) is 8.05. The molecule has 26 heavy (non-hydrogen) atoms. The number of aromatic nitrogens is 1. The lowest BCUT2D eigenvalue weighted by molar-refractivity contribution is -0.114. The Bertz CT molecular complexity index is 887. The number of anilines is 1. The molecule has 0 N–H and O–H groups in total. The van der Waals surface area contributed by atoms with Crippen molar-refractivity contribution in [3.05, 3.63) is 52.2 Å². The molecule has 0 saturated carbocycles. The highest BCUT2D eigenvalue weighted by molar-refractivity contribution is 7.22. The van der Waals surface area contributed by atoms with Crippen molar-refractivity contribution >= 4 is 62.4 Å². The van der Waals surface area contributed by atoms with Gasteiger partial charge in [0.1, 0.15) is 0 Å². The molecule has 0 atom stereocenters. The lowest BCUT2D eigenvalue weighted by atomic mass is 10.2. The van der Waals surface area contributed by atoms with Gasteiger partial charge in [-0.2, -0.15) is 0 Å². The highest BCUT2D eigenvalue weighted by atomic mass is 35.5. The SMILES string of the molecule is Cc1cccc2sc(N(CCN(C)C)C(=O)/C=C/c3cccs3)nc12.Cl. The Kier molecular flexibility index (Phi) is 7.34. The van der Waals surface area contributed by atoms with Gasteiger partial charge in [-0.25, -0.2) is 4.98 Å². The largest absolute Gasteiger partial charge is 0.308 e. The Hall–Kier alpha value is -1.73. The molecular weight excluding hydrogens is 386 g/mol. The van der Waals surface area contributed by atoms with Gasteiger partial charge in [-0.3, -0.25) is 9.69 Å². The first-order valence-corrected chi connectivity index (χ1v) is 9.78. The van der Waals surface area contributed by atoms with E-state index in [0.29, 0.717) is 6.54 Å². The van der Waals surface area contributed by atoms with E-state index in [2.05, 4.69) is 24.0 Å². The van der Waals surface area contributed by atoms with Crippen LogP contribution in [0, 0.1) is 6.92 Å². The average molecular weight is 408 g/mol. The average Bonchev–Trinajstić information content (AvgIpc) is 3.22. The molecule has 0 aliphatic heterocycles. The topological polar surface area (TPSA) is 36.4 Å². The second kappa shape index (κ2) is 9.28. The third-order valence-corrected chi connectivity index (χ3v) is 5.69. The Labute approximate surface area is 168 Å². The summed E-state index contributed by atoms with van der Waals surface area (Å²) in [6, 6.07) is 10.1. The van der Waals surface area contributed by atoms with E-state index in [0.717, 1.165) is 32.3 Å². The van der Waals surface area contributed by atoms with Crippen molar-refractivity contribution < 1.29 is 4.79 Å². The summed E-state index contributed by atoms with van der Waals surface area (Å²) in [5.74, 6) is -0.0352. The molecule has 3 aromatic rings. The predicted octanol–water partition coefficient (Wildman–Crippen LogP) is 4.70. The second-order valence-electron chi connectivity index (χ2n) is 6.06. The van der Waals surface area contributed by atoms with E-state index in [1.807, 2.05) is 43.8 Å². The number of thiophene rings is 1. The normalized spacial score (nSPS) is 11.2. The van der Waals surface area contributed by atoms with Gasteiger partial charge in [0, 0.05) is 24.0 Å². The van der Waals surface area contributed by atoms with Gasteiger partial charge in [-0.15, -0.1) is 23.7 Å². The Balaban J connectivity index is 0.00000243. The minimum atomic E-state index is -0.0352. The standard InChI is InChI=1S/C19H21N3OS2.ClH/c1-14-6-4-8-16-18(14)20-19(25-16)22(12-11-21(2)3)17(23)10-9-15-7-5-13-24-15;/h4-10,13H,11-12H2,1-3H3;1H/b10-9+;. The maximum atomic E-state index is 12.8. The number of benzene rings is 1. The number of halogens is 1. The fourth-order valence-corrected chi connectivity index (χ4v) is 4.11. The summed E-state index contributed by atoms with van der Waals surface area (Å²) >= 11 is 3.18. The lowest BCUT2D eigenvalue weighted by Gasteiger charge is -2.20. The number of para-hydroxylation sites is 1. The summed E-state index contributed by atoms with van der Waals surface area (Å²) in [5, 5.41) is 2.76. The van der Waals surface area contributed by atoms with E-state index < -0.39 is 0 Å². The number of hydrogen-bond donors (Lipinski definition) is 0. The number of thiazole rings is 1. The molecule has 138 valence electrons. The van der Waals surface area contributed by atoms with Gasteiger partial charge in [-0.05, 0) is 50.2 Å². The number of likely N-dealkylation sites (N-methyl/N-ethyl adjacent to an activating group) is 1. The van der Waals surface area contributed by atoms with Gasteiger partial charge in [0.2, 0.25) is 0 Å². The van der Waals surface area contributed by atoms with E-state index in [1.54, 1.807) is 33.6 Å². The number of aryl methyl sites for hydroxylation is 1. The monoisotopic (exact) mass is 407 g/mol. The molecule has 3 rings (SSSR count). The van der Waals surface area contributed by atoms with Crippen molar-refractivity contribution in [1.82, 2.24) is 9.88 Å². The predicted molar refractivity (Wildman–Crippen MR) is 116 cm³/mol.